The lowest BCUT2D eigenvalue weighted by molar-refractivity contribution is -0.120. The largest absolute Gasteiger partial charge is 0.356 e. The lowest BCUT2D eigenvalue weighted by Gasteiger charge is -2.14. The first-order valence-electron chi connectivity index (χ1n) is 5.80. The Morgan fingerprint density at radius 2 is 2.21 bits per heavy atom. The molecule has 0 unspecified atom stereocenters. The second-order valence-corrected chi connectivity index (χ2v) is 4.54. The van der Waals surface area contributed by atoms with Crippen LogP contribution in [0.1, 0.15) is 32.6 Å². The molecule has 80 valence electrons. The number of rotatable bonds is 4. The SMILES string of the molecule is CCC(=O)NC[C@H]1CCN(C2CC2)C1. The Balaban J connectivity index is 1.65. The molecular formula is C11H20N2O. The molecule has 1 N–H and O–H groups in total. The fraction of sp³-hybridized carbons (Fsp3) is 0.909. The van der Waals surface area contributed by atoms with Crippen molar-refractivity contribution in [1.82, 2.24) is 10.2 Å². The third-order valence-electron chi connectivity index (χ3n) is 3.29. The van der Waals surface area contributed by atoms with E-state index in [1.54, 1.807) is 0 Å². The van der Waals surface area contributed by atoms with Crippen LogP contribution in [0.15, 0.2) is 0 Å². The Hall–Kier alpha value is -0.570. The first kappa shape index (κ1) is 9.97. The van der Waals surface area contributed by atoms with Gasteiger partial charge in [-0.15, -0.1) is 0 Å². The van der Waals surface area contributed by atoms with Gasteiger partial charge in [-0.1, -0.05) is 6.92 Å². The Bertz CT molecular complexity index is 213. The van der Waals surface area contributed by atoms with Gasteiger partial charge in [-0.3, -0.25) is 4.79 Å². The predicted octanol–water partition coefficient (Wildman–Crippen LogP) is 0.997. The van der Waals surface area contributed by atoms with Crippen molar-refractivity contribution in [3.05, 3.63) is 0 Å². The van der Waals surface area contributed by atoms with Gasteiger partial charge in [0.15, 0.2) is 0 Å². The summed E-state index contributed by atoms with van der Waals surface area (Å²) in [6.45, 7) is 5.24. The highest BCUT2D eigenvalue weighted by Crippen LogP contribution is 2.31. The molecule has 3 heteroatoms. The van der Waals surface area contributed by atoms with Gasteiger partial charge in [0.25, 0.3) is 0 Å². The summed E-state index contributed by atoms with van der Waals surface area (Å²) in [7, 11) is 0. The van der Waals surface area contributed by atoms with Crippen LogP contribution in [-0.2, 0) is 4.79 Å². The maximum atomic E-state index is 11.1. The highest BCUT2D eigenvalue weighted by atomic mass is 16.1. The van der Waals surface area contributed by atoms with Crippen LogP contribution >= 0.6 is 0 Å². The van der Waals surface area contributed by atoms with Crippen LogP contribution in [0.2, 0.25) is 0 Å². The maximum absolute atomic E-state index is 11.1. The van der Waals surface area contributed by atoms with Crippen LogP contribution in [0.25, 0.3) is 0 Å². The molecule has 1 heterocycles. The predicted molar refractivity (Wildman–Crippen MR) is 56.0 cm³/mol. The molecule has 14 heavy (non-hydrogen) atoms. The average molecular weight is 196 g/mol. The molecule has 1 aliphatic heterocycles. The number of amides is 1. The highest BCUT2D eigenvalue weighted by molar-refractivity contribution is 5.75. The number of hydrogen-bond donors (Lipinski definition) is 1. The summed E-state index contributed by atoms with van der Waals surface area (Å²) in [4.78, 5) is 13.7. The lowest BCUT2D eigenvalue weighted by Crippen LogP contribution is -2.30. The van der Waals surface area contributed by atoms with Crippen molar-refractivity contribution in [2.24, 2.45) is 5.92 Å². The summed E-state index contributed by atoms with van der Waals surface area (Å²) in [6, 6.07) is 0.891. The molecule has 0 aromatic rings. The first-order valence-corrected chi connectivity index (χ1v) is 5.80. The van der Waals surface area contributed by atoms with Crippen LogP contribution in [0, 0.1) is 5.92 Å². The monoisotopic (exact) mass is 196 g/mol. The maximum Gasteiger partial charge on any atom is 0.219 e. The summed E-state index contributed by atoms with van der Waals surface area (Å²) in [5.41, 5.74) is 0. The lowest BCUT2D eigenvalue weighted by atomic mass is 10.1. The second-order valence-electron chi connectivity index (χ2n) is 4.54. The normalized spacial score (nSPS) is 27.9. The van der Waals surface area contributed by atoms with E-state index >= 15 is 0 Å². The van der Waals surface area contributed by atoms with E-state index in [4.69, 9.17) is 0 Å². The number of nitrogens with one attached hydrogen (secondary N) is 1. The topological polar surface area (TPSA) is 32.3 Å². The third-order valence-corrected chi connectivity index (χ3v) is 3.29. The van der Waals surface area contributed by atoms with E-state index in [0.717, 1.165) is 12.6 Å². The summed E-state index contributed by atoms with van der Waals surface area (Å²) in [5.74, 6) is 0.890. The van der Waals surface area contributed by atoms with E-state index in [0.29, 0.717) is 12.3 Å². The van der Waals surface area contributed by atoms with Gasteiger partial charge >= 0.3 is 0 Å². The standard InChI is InChI=1S/C11H20N2O/c1-2-11(14)12-7-9-5-6-13(8-9)10-3-4-10/h9-10H,2-8H2,1H3,(H,12,14)/t9-/m1/s1. The first-order chi connectivity index (χ1) is 6.79. The molecule has 1 amide bonds. The van der Waals surface area contributed by atoms with Crippen molar-refractivity contribution in [2.75, 3.05) is 19.6 Å². The molecule has 1 aliphatic carbocycles. The number of carbonyl (C=O) groups is 1. The zero-order valence-electron chi connectivity index (χ0n) is 8.96. The van der Waals surface area contributed by atoms with E-state index in [9.17, 15) is 4.79 Å². The van der Waals surface area contributed by atoms with Crippen LogP contribution < -0.4 is 5.32 Å². The quantitative estimate of drug-likeness (QED) is 0.727. The molecule has 1 saturated carbocycles. The molecule has 0 bridgehead atoms. The Labute approximate surface area is 85.8 Å². The highest BCUT2D eigenvalue weighted by Gasteiger charge is 2.34. The van der Waals surface area contributed by atoms with Crippen LogP contribution in [0.5, 0.6) is 0 Å². The van der Waals surface area contributed by atoms with E-state index in [1.807, 2.05) is 6.92 Å². The van der Waals surface area contributed by atoms with Gasteiger partial charge in [-0.25, -0.2) is 0 Å². The number of carbonyl (C=O) groups excluding carboxylic acids is 1. The molecule has 0 aromatic carbocycles. The molecule has 2 fully saturated rings. The second kappa shape index (κ2) is 4.30. The van der Waals surface area contributed by atoms with E-state index < -0.39 is 0 Å². The summed E-state index contributed by atoms with van der Waals surface area (Å²) < 4.78 is 0. The van der Waals surface area contributed by atoms with Crippen molar-refractivity contribution in [3.63, 3.8) is 0 Å². The van der Waals surface area contributed by atoms with Crippen molar-refractivity contribution >= 4 is 5.91 Å². The van der Waals surface area contributed by atoms with E-state index in [1.165, 1.54) is 32.4 Å². The van der Waals surface area contributed by atoms with Crippen molar-refractivity contribution in [1.29, 1.82) is 0 Å². The van der Waals surface area contributed by atoms with Crippen molar-refractivity contribution in [3.8, 4) is 0 Å². The third kappa shape index (κ3) is 2.47. The van der Waals surface area contributed by atoms with Crippen LogP contribution in [0.3, 0.4) is 0 Å². The fourth-order valence-electron chi connectivity index (χ4n) is 2.18. The van der Waals surface area contributed by atoms with Gasteiger partial charge in [0.2, 0.25) is 5.91 Å². The average Bonchev–Trinajstić information content (AvgIpc) is 2.95. The molecule has 1 atom stereocenters. The van der Waals surface area contributed by atoms with Gasteiger partial charge in [-0.05, 0) is 31.7 Å². The molecule has 3 nitrogen and oxygen atoms in total. The van der Waals surface area contributed by atoms with E-state index in [2.05, 4.69) is 10.2 Å². The van der Waals surface area contributed by atoms with Gasteiger partial charge in [0.05, 0.1) is 0 Å². The minimum absolute atomic E-state index is 0.190. The number of nitrogens with zero attached hydrogens (tertiary/aromatic N) is 1. The molecule has 1 saturated heterocycles. The zero-order valence-corrected chi connectivity index (χ0v) is 8.96. The number of likely N-dealkylation sites (tertiary alicyclic amines) is 1. The van der Waals surface area contributed by atoms with Crippen LogP contribution in [0.4, 0.5) is 0 Å². The van der Waals surface area contributed by atoms with Crippen molar-refractivity contribution in [2.45, 2.75) is 38.6 Å². The van der Waals surface area contributed by atoms with Crippen molar-refractivity contribution < 1.29 is 4.79 Å². The summed E-state index contributed by atoms with van der Waals surface area (Å²) in [5, 5.41) is 2.99. The Morgan fingerprint density at radius 3 is 2.86 bits per heavy atom. The van der Waals surface area contributed by atoms with E-state index in [-0.39, 0.29) is 5.91 Å². The van der Waals surface area contributed by atoms with Gasteiger partial charge in [0, 0.05) is 25.6 Å². The number of hydrogen-bond acceptors (Lipinski definition) is 2. The molecule has 0 aromatic heterocycles. The van der Waals surface area contributed by atoms with Gasteiger partial charge in [-0.2, -0.15) is 0 Å². The fourth-order valence-corrected chi connectivity index (χ4v) is 2.18. The summed E-state index contributed by atoms with van der Waals surface area (Å²) >= 11 is 0. The zero-order chi connectivity index (χ0) is 9.97. The molecule has 2 aliphatic rings. The molecular weight excluding hydrogens is 176 g/mol. The van der Waals surface area contributed by atoms with Gasteiger partial charge in [0.1, 0.15) is 0 Å². The van der Waals surface area contributed by atoms with Gasteiger partial charge < -0.3 is 10.2 Å². The minimum atomic E-state index is 0.190. The summed E-state index contributed by atoms with van der Waals surface area (Å²) in [6.07, 6.45) is 4.67. The molecule has 0 radical (unpaired) electrons. The minimum Gasteiger partial charge on any atom is -0.356 e. The smallest absolute Gasteiger partial charge is 0.219 e. The Kier molecular flexibility index (Phi) is 3.06. The van der Waals surface area contributed by atoms with Crippen LogP contribution in [-0.4, -0.2) is 36.5 Å². The Morgan fingerprint density at radius 1 is 1.43 bits per heavy atom. The molecule has 0 spiro atoms. The molecule has 2 rings (SSSR count).